The van der Waals surface area contributed by atoms with Crippen LogP contribution < -0.4 is 0 Å². The number of carbonyl (C=O) groups is 1. The molecule has 5 rings (SSSR count). The molecule has 0 atom stereocenters. The van der Waals surface area contributed by atoms with Gasteiger partial charge in [-0.25, -0.2) is 0 Å². The van der Waals surface area contributed by atoms with E-state index in [9.17, 15) is 14.9 Å². The van der Waals surface area contributed by atoms with E-state index in [1.165, 1.54) is 35.0 Å². The third kappa shape index (κ3) is 3.82. The molecule has 1 N–H and O–H groups in total. The number of nitro benzene ring substituents is 1. The van der Waals surface area contributed by atoms with Crippen LogP contribution in [0.15, 0.2) is 74.7 Å². The summed E-state index contributed by atoms with van der Waals surface area (Å²) in [7, 11) is 0. The van der Waals surface area contributed by atoms with Crippen LogP contribution in [-0.4, -0.2) is 31.9 Å². The number of hydrogen-bond donors (Lipinski definition) is 1. The van der Waals surface area contributed by atoms with E-state index in [1.54, 1.807) is 43.3 Å². The summed E-state index contributed by atoms with van der Waals surface area (Å²) in [5.41, 5.74) is 2.06. The Labute approximate surface area is 202 Å². The molecule has 1 aromatic heterocycles. The summed E-state index contributed by atoms with van der Waals surface area (Å²) in [6.45, 7) is 1.75. The number of nitrogens with one attached hydrogen (secondary N) is 1. The molecule has 9 nitrogen and oxygen atoms in total. The lowest BCUT2D eigenvalue weighted by molar-refractivity contribution is -0.384. The van der Waals surface area contributed by atoms with Gasteiger partial charge in [-0.15, -0.1) is 0 Å². The summed E-state index contributed by atoms with van der Waals surface area (Å²) >= 11 is 7.43. The van der Waals surface area contributed by atoms with Crippen molar-refractivity contribution in [2.75, 3.05) is 0 Å². The van der Waals surface area contributed by atoms with Crippen LogP contribution in [0.5, 0.6) is 0 Å². The van der Waals surface area contributed by atoms with Gasteiger partial charge in [-0.2, -0.15) is 15.1 Å². The minimum absolute atomic E-state index is 0.00902. The van der Waals surface area contributed by atoms with Gasteiger partial charge in [-0.05, 0) is 54.6 Å². The second kappa shape index (κ2) is 8.40. The van der Waals surface area contributed by atoms with E-state index < -0.39 is 10.8 Å². The zero-order chi connectivity index (χ0) is 24.0. The number of amides is 1. The molecule has 0 aliphatic carbocycles. The average molecular weight is 492 g/mol. The predicted octanol–water partition coefficient (Wildman–Crippen LogP) is 5.48. The number of aryl methyl sites for hydroxylation is 1. The number of nitrogens with zero attached hydrogens (tertiary/aromatic N) is 4. The number of hydrazone groups is 1. The monoisotopic (exact) mass is 491 g/mol. The van der Waals surface area contributed by atoms with Gasteiger partial charge >= 0.3 is 0 Å². The summed E-state index contributed by atoms with van der Waals surface area (Å²) in [4.78, 5) is 27.3. The Morgan fingerprint density at radius 1 is 1.18 bits per heavy atom. The van der Waals surface area contributed by atoms with E-state index in [4.69, 9.17) is 21.4 Å². The van der Waals surface area contributed by atoms with Crippen molar-refractivity contribution in [2.24, 2.45) is 10.1 Å². The second-order valence-corrected chi connectivity index (χ2v) is 8.73. The van der Waals surface area contributed by atoms with Gasteiger partial charge in [-0.3, -0.25) is 20.3 Å². The molecule has 2 aliphatic rings. The number of rotatable bonds is 4. The van der Waals surface area contributed by atoms with Crippen LogP contribution in [0.2, 0.25) is 5.02 Å². The van der Waals surface area contributed by atoms with Crippen molar-refractivity contribution in [2.45, 2.75) is 6.92 Å². The van der Waals surface area contributed by atoms with Crippen LogP contribution in [0.25, 0.3) is 17.4 Å². The van der Waals surface area contributed by atoms with E-state index in [1.807, 2.05) is 6.07 Å². The Kier molecular flexibility index (Phi) is 5.39. The molecule has 0 radical (unpaired) electrons. The summed E-state index contributed by atoms with van der Waals surface area (Å²) in [5, 5.41) is 26.5. The van der Waals surface area contributed by atoms with Gasteiger partial charge in [0, 0.05) is 23.3 Å². The fraction of sp³-hybridized carbons (Fsp3) is 0.0435. The topological polar surface area (TPSA) is 125 Å². The maximum Gasteiger partial charge on any atom is 0.283 e. The smallest absolute Gasteiger partial charge is 0.283 e. The lowest BCUT2D eigenvalue weighted by Crippen LogP contribution is -2.35. The number of furan rings is 1. The molecule has 1 amide bonds. The number of halogens is 1. The molecule has 0 bridgehead atoms. The van der Waals surface area contributed by atoms with Gasteiger partial charge < -0.3 is 4.42 Å². The van der Waals surface area contributed by atoms with Crippen molar-refractivity contribution in [1.82, 2.24) is 5.01 Å². The summed E-state index contributed by atoms with van der Waals surface area (Å²) in [6, 6.07) is 15.0. The van der Waals surface area contributed by atoms with Gasteiger partial charge in [0.25, 0.3) is 11.6 Å². The number of benzene rings is 2. The predicted molar refractivity (Wildman–Crippen MR) is 131 cm³/mol. The first-order valence-electron chi connectivity index (χ1n) is 9.92. The van der Waals surface area contributed by atoms with Crippen LogP contribution in [0.1, 0.15) is 16.9 Å². The molecule has 2 aliphatic heterocycles. The molecule has 3 heterocycles. The SMILES string of the molecule is Cc1cc([N+](=O)[O-])ccc1-c1ccc(/C=C2\C(=N)N3N=C(c4ccccc4Cl)SC3=NC2=O)o1. The maximum atomic E-state index is 12.7. The zero-order valence-electron chi connectivity index (χ0n) is 17.5. The van der Waals surface area contributed by atoms with Gasteiger partial charge in [-0.1, -0.05) is 29.8 Å². The highest BCUT2D eigenvalue weighted by atomic mass is 35.5. The Bertz CT molecular complexity index is 1490. The Hall–Kier alpha value is -4.02. The van der Waals surface area contributed by atoms with E-state index in [-0.39, 0.29) is 22.3 Å². The van der Waals surface area contributed by atoms with Crippen LogP contribution >= 0.6 is 23.4 Å². The van der Waals surface area contributed by atoms with Crippen LogP contribution in [0.4, 0.5) is 5.69 Å². The quantitative estimate of drug-likeness (QED) is 0.292. The Balaban J connectivity index is 1.44. The molecule has 34 heavy (non-hydrogen) atoms. The summed E-state index contributed by atoms with van der Waals surface area (Å²) in [6.07, 6.45) is 1.43. The molecule has 11 heteroatoms. The van der Waals surface area contributed by atoms with E-state index in [2.05, 4.69) is 10.1 Å². The third-order valence-corrected chi connectivity index (χ3v) is 6.43. The maximum absolute atomic E-state index is 12.7. The average Bonchev–Trinajstić information content (AvgIpc) is 3.44. The third-order valence-electron chi connectivity index (χ3n) is 5.16. The number of aliphatic imine (C=N–C) groups is 1. The number of fused-ring (bicyclic) bond motifs is 1. The molecule has 2 aromatic carbocycles. The minimum atomic E-state index is -0.580. The van der Waals surface area contributed by atoms with Gasteiger partial charge in [0.1, 0.15) is 16.6 Å². The molecule has 0 unspecified atom stereocenters. The molecule has 0 fully saturated rings. The molecule has 0 spiro atoms. The van der Waals surface area contributed by atoms with E-state index >= 15 is 0 Å². The number of thioether (sulfide) groups is 1. The van der Waals surface area contributed by atoms with Crippen molar-refractivity contribution < 1.29 is 14.1 Å². The Morgan fingerprint density at radius 3 is 2.71 bits per heavy atom. The van der Waals surface area contributed by atoms with Crippen molar-refractivity contribution >= 4 is 57.1 Å². The highest BCUT2D eigenvalue weighted by Gasteiger charge is 2.36. The molecule has 168 valence electrons. The molecular formula is C23H14ClN5O4S. The first kappa shape index (κ1) is 21.8. The van der Waals surface area contributed by atoms with E-state index in [0.29, 0.717) is 38.3 Å². The van der Waals surface area contributed by atoms with Gasteiger partial charge in [0.05, 0.1) is 15.5 Å². The minimum Gasteiger partial charge on any atom is -0.457 e. The highest BCUT2D eigenvalue weighted by molar-refractivity contribution is 8.27. The van der Waals surface area contributed by atoms with Crippen LogP contribution in [-0.2, 0) is 4.79 Å². The standard InChI is InChI=1S/C23H14ClN5O4S/c1-12-10-13(29(31)32)6-8-15(12)19-9-7-14(33-19)11-17-20(25)28-23(26-21(17)30)34-22(27-28)16-4-2-3-5-18(16)24/h2-11,25H,1H3/b17-11+,25-20?. The molecule has 0 saturated carbocycles. The first-order valence-corrected chi connectivity index (χ1v) is 11.1. The van der Waals surface area contributed by atoms with Gasteiger partial charge in [0.15, 0.2) is 5.84 Å². The highest BCUT2D eigenvalue weighted by Crippen LogP contribution is 2.34. The number of non-ortho nitro benzene ring substituents is 1. The second-order valence-electron chi connectivity index (χ2n) is 7.36. The summed E-state index contributed by atoms with van der Waals surface area (Å²) in [5.74, 6) is 0.105. The Morgan fingerprint density at radius 2 is 1.97 bits per heavy atom. The first-order chi connectivity index (χ1) is 16.3. The molecule has 3 aromatic rings. The largest absolute Gasteiger partial charge is 0.457 e. The lowest BCUT2D eigenvalue weighted by atomic mass is 10.1. The van der Waals surface area contributed by atoms with Crippen molar-refractivity contribution in [1.29, 1.82) is 5.41 Å². The molecular weight excluding hydrogens is 478 g/mol. The fourth-order valence-corrected chi connectivity index (χ4v) is 4.70. The fourth-order valence-electron chi connectivity index (χ4n) is 3.49. The van der Waals surface area contributed by atoms with Crippen LogP contribution in [0, 0.1) is 22.4 Å². The van der Waals surface area contributed by atoms with Gasteiger partial charge in [0.2, 0.25) is 5.17 Å². The van der Waals surface area contributed by atoms with E-state index in [0.717, 1.165) is 0 Å². The zero-order valence-corrected chi connectivity index (χ0v) is 19.1. The van der Waals surface area contributed by atoms with Crippen LogP contribution in [0.3, 0.4) is 0 Å². The number of carbonyl (C=O) groups excluding carboxylic acids is 1. The number of nitro groups is 1. The number of hydrogen-bond acceptors (Lipinski definition) is 7. The molecule has 0 saturated heterocycles. The van der Waals surface area contributed by atoms with Crippen molar-refractivity contribution in [3.63, 3.8) is 0 Å². The lowest BCUT2D eigenvalue weighted by Gasteiger charge is -2.19. The number of amidine groups is 2. The normalized spacial score (nSPS) is 16.5. The van der Waals surface area contributed by atoms with Crippen molar-refractivity contribution in [3.05, 3.63) is 92.2 Å². The summed E-state index contributed by atoms with van der Waals surface area (Å²) < 4.78 is 5.85. The van der Waals surface area contributed by atoms with Crippen molar-refractivity contribution in [3.8, 4) is 11.3 Å².